The number of rotatable bonds is 6. The molecule has 0 amide bonds. The summed E-state index contributed by atoms with van der Waals surface area (Å²) in [6.07, 6.45) is 2.08. The molecule has 5 aromatic carbocycles. The first-order valence-electron chi connectivity index (χ1n) is 13.6. The van der Waals surface area contributed by atoms with Gasteiger partial charge in [0.2, 0.25) is 0 Å². The lowest BCUT2D eigenvalue weighted by Crippen LogP contribution is -2.02. The van der Waals surface area contributed by atoms with Gasteiger partial charge in [-0.05, 0) is 46.5 Å². The maximum absolute atomic E-state index is 5.22. The molecule has 7 aromatic rings. The van der Waals surface area contributed by atoms with Crippen LogP contribution in [0.15, 0.2) is 97.1 Å². The van der Waals surface area contributed by atoms with Crippen molar-refractivity contribution < 1.29 is 0 Å². The fourth-order valence-corrected chi connectivity index (χ4v) is 5.90. The number of hydrogen-bond donors (Lipinski definition) is 0. The molecular formula is C34H30N4. The summed E-state index contributed by atoms with van der Waals surface area (Å²) in [4.78, 5) is 10.4. The van der Waals surface area contributed by atoms with E-state index in [1.807, 2.05) is 0 Å². The van der Waals surface area contributed by atoms with Crippen LogP contribution in [0.3, 0.4) is 0 Å². The van der Waals surface area contributed by atoms with Crippen molar-refractivity contribution in [2.24, 2.45) is 0 Å². The van der Waals surface area contributed by atoms with Crippen molar-refractivity contribution in [2.45, 2.75) is 39.8 Å². The van der Waals surface area contributed by atoms with Crippen molar-refractivity contribution in [2.75, 3.05) is 0 Å². The molecule has 0 aliphatic heterocycles. The molecule has 0 atom stereocenters. The van der Waals surface area contributed by atoms with Crippen LogP contribution < -0.4 is 0 Å². The molecule has 0 radical (unpaired) electrons. The van der Waals surface area contributed by atoms with Gasteiger partial charge in [-0.15, -0.1) is 0 Å². The third-order valence-corrected chi connectivity index (χ3v) is 7.57. The zero-order valence-electron chi connectivity index (χ0n) is 21.9. The third-order valence-electron chi connectivity index (χ3n) is 7.57. The molecule has 0 aliphatic carbocycles. The van der Waals surface area contributed by atoms with E-state index in [9.17, 15) is 0 Å². The molecule has 2 heterocycles. The van der Waals surface area contributed by atoms with Crippen molar-refractivity contribution in [1.82, 2.24) is 19.1 Å². The van der Waals surface area contributed by atoms with Gasteiger partial charge in [0.25, 0.3) is 0 Å². The van der Waals surface area contributed by atoms with Crippen LogP contribution in [0.5, 0.6) is 0 Å². The highest BCUT2D eigenvalue weighted by atomic mass is 15.1. The lowest BCUT2D eigenvalue weighted by atomic mass is 10.0. The Morgan fingerprint density at radius 1 is 0.526 bits per heavy atom. The number of imidazole rings is 2. The second-order valence-electron chi connectivity index (χ2n) is 10.1. The molecule has 186 valence electrons. The zero-order chi connectivity index (χ0) is 25.6. The van der Waals surface area contributed by atoms with Crippen molar-refractivity contribution in [1.29, 1.82) is 0 Å². The second-order valence-corrected chi connectivity index (χ2v) is 10.1. The normalized spacial score (nSPS) is 11.8. The van der Waals surface area contributed by atoms with E-state index in [1.54, 1.807) is 0 Å². The quantitative estimate of drug-likeness (QED) is 0.231. The summed E-state index contributed by atoms with van der Waals surface area (Å²) in [5, 5.41) is 4.94. The topological polar surface area (TPSA) is 35.6 Å². The van der Waals surface area contributed by atoms with E-state index in [-0.39, 0.29) is 0 Å². The summed E-state index contributed by atoms with van der Waals surface area (Å²) < 4.78 is 4.80. The summed E-state index contributed by atoms with van der Waals surface area (Å²) in [5.74, 6) is 2.06. The molecule has 0 fully saturated rings. The van der Waals surface area contributed by atoms with E-state index >= 15 is 0 Å². The van der Waals surface area contributed by atoms with Crippen molar-refractivity contribution in [3.63, 3.8) is 0 Å². The molecule has 4 heteroatoms. The number of benzene rings is 5. The minimum atomic E-state index is 0.915. The largest absolute Gasteiger partial charge is 0.324 e. The number of hydrogen-bond acceptors (Lipinski definition) is 2. The van der Waals surface area contributed by atoms with Gasteiger partial charge in [-0.25, -0.2) is 9.97 Å². The SMILES string of the molecule is CCCn1c(-c2cccc3ccccc23)nc2cc3nc(-c4cccc5ccccc45)n(CCC)c3cc21. The van der Waals surface area contributed by atoms with Crippen LogP contribution in [0.1, 0.15) is 26.7 Å². The molecule has 0 N–H and O–H groups in total. The molecule has 4 nitrogen and oxygen atoms in total. The predicted molar refractivity (Wildman–Crippen MR) is 159 cm³/mol. The highest BCUT2D eigenvalue weighted by molar-refractivity contribution is 6.01. The summed E-state index contributed by atoms with van der Waals surface area (Å²) >= 11 is 0. The first-order chi connectivity index (χ1) is 18.8. The molecule has 7 rings (SSSR count). The van der Waals surface area contributed by atoms with E-state index in [0.717, 1.165) is 48.6 Å². The van der Waals surface area contributed by atoms with Gasteiger partial charge in [-0.2, -0.15) is 0 Å². The Morgan fingerprint density at radius 2 is 0.974 bits per heavy atom. The van der Waals surface area contributed by atoms with Crippen LogP contribution in [-0.2, 0) is 13.1 Å². The maximum Gasteiger partial charge on any atom is 0.141 e. The van der Waals surface area contributed by atoms with Crippen LogP contribution in [-0.4, -0.2) is 19.1 Å². The van der Waals surface area contributed by atoms with Gasteiger partial charge < -0.3 is 9.13 Å². The molecule has 0 bridgehead atoms. The Bertz CT molecular complexity index is 1810. The fraction of sp³-hybridized carbons (Fsp3) is 0.176. The van der Waals surface area contributed by atoms with Crippen LogP contribution in [0, 0.1) is 0 Å². The van der Waals surface area contributed by atoms with Gasteiger partial charge >= 0.3 is 0 Å². The van der Waals surface area contributed by atoms with Gasteiger partial charge in [-0.3, -0.25) is 0 Å². The number of fused-ring (bicyclic) bond motifs is 4. The van der Waals surface area contributed by atoms with Gasteiger partial charge in [0.15, 0.2) is 0 Å². The molecule has 0 spiro atoms. The summed E-state index contributed by atoms with van der Waals surface area (Å²) in [6, 6.07) is 34.7. The highest BCUT2D eigenvalue weighted by Gasteiger charge is 2.19. The van der Waals surface area contributed by atoms with Gasteiger partial charge in [-0.1, -0.05) is 98.8 Å². The lowest BCUT2D eigenvalue weighted by molar-refractivity contribution is 0.700. The number of aryl methyl sites for hydroxylation is 2. The zero-order valence-corrected chi connectivity index (χ0v) is 21.9. The molecule has 0 unspecified atom stereocenters. The van der Waals surface area contributed by atoms with Crippen molar-refractivity contribution in [3.05, 3.63) is 97.1 Å². The average molecular weight is 495 g/mol. The average Bonchev–Trinajstić information content (AvgIpc) is 3.49. The number of aromatic nitrogens is 4. The van der Waals surface area contributed by atoms with E-state index < -0.39 is 0 Å². The minimum Gasteiger partial charge on any atom is -0.324 e. The van der Waals surface area contributed by atoms with Crippen LogP contribution >= 0.6 is 0 Å². The number of nitrogens with zero attached hydrogens (tertiary/aromatic N) is 4. The van der Waals surface area contributed by atoms with Crippen molar-refractivity contribution in [3.8, 4) is 22.8 Å². The van der Waals surface area contributed by atoms with Gasteiger partial charge in [0.1, 0.15) is 11.6 Å². The molecular weight excluding hydrogens is 464 g/mol. The molecule has 0 saturated carbocycles. The molecule has 2 aromatic heterocycles. The molecule has 0 saturated heterocycles. The monoisotopic (exact) mass is 494 g/mol. The van der Waals surface area contributed by atoms with Gasteiger partial charge in [0, 0.05) is 24.2 Å². The summed E-state index contributed by atoms with van der Waals surface area (Å²) in [7, 11) is 0. The van der Waals surface area contributed by atoms with E-state index in [0.29, 0.717) is 0 Å². The molecule has 0 aliphatic rings. The Kier molecular flexibility index (Phi) is 5.47. The Morgan fingerprint density at radius 3 is 1.45 bits per heavy atom. The standard InChI is InChI=1S/C34H30N4/c1-3-19-37-31-22-32-30(21-29(31)35-33(37)27-17-9-13-23-11-5-7-15-25(23)27)36-34(38(32)20-4-2)28-18-10-14-24-12-6-8-16-26(24)28/h5-18,21-22H,3-4,19-20H2,1-2H3. The van der Waals surface area contributed by atoms with Crippen LogP contribution in [0.4, 0.5) is 0 Å². The first kappa shape index (κ1) is 22.7. The van der Waals surface area contributed by atoms with E-state index in [4.69, 9.17) is 9.97 Å². The summed E-state index contributed by atoms with van der Waals surface area (Å²) in [5.41, 5.74) is 6.70. The van der Waals surface area contributed by atoms with E-state index in [1.165, 1.54) is 43.7 Å². The summed E-state index contributed by atoms with van der Waals surface area (Å²) in [6.45, 7) is 6.30. The fourth-order valence-electron chi connectivity index (χ4n) is 5.90. The Labute approximate surface area is 222 Å². The Balaban J connectivity index is 1.50. The van der Waals surface area contributed by atoms with Crippen LogP contribution in [0.25, 0.3) is 66.4 Å². The lowest BCUT2D eigenvalue weighted by Gasteiger charge is -2.12. The second kappa shape index (κ2) is 9.14. The predicted octanol–water partition coefficient (Wildman–Crippen LogP) is 8.85. The maximum atomic E-state index is 5.22. The Hall–Kier alpha value is -4.44. The van der Waals surface area contributed by atoms with E-state index in [2.05, 4.69) is 120 Å². The smallest absolute Gasteiger partial charge is 0.141 e. The minimum absolute atomic E-state index is 0.915. The van der Waals surface area contributed by atoms with Crippen LogP contribution in [0.2, 0.25) is 0 Å². The first-order valence-corrected chi connectivity index (χ1v) is 13.6. The van der Waals surface area contributed by atoms with Gasteiger partial charge in [0.05, 0.1) is 22.1 Å². The third kappa shape index (κ3) is 3.52. The highest BCUT2D eigenvalue weighted by Crippen LogP contribution is 2.35. The van der Waals surface area contributed by atoms with Crippen molar-refractivity contribution >= 4 is 43.6 Å². The molecule has 38 heavy (non-hydrogen) atoms.